The highest BCUT2D eigenvalue weighted by atomic mass is 16.2. The number of hydrogen-bond acceptors (Lipinski definition) is 4. The van der Waals surface area contributed by atoms with Crippen LogP contribution in [0, 0.1) is 12.8 Å². The minimum absolute atomic E-state index is 0.0294. The van der Waals surface area contributed by atoms with Gasteiger partial charge in [0.1, 0.15) is 0 Å². The van der Waals surface area contributed by atoms with E-state index in [1.807, 2.05) is 17.9 Å². The summed E-state index contributed by atoms with van der Waals surface area (Å²) in [7, 11) is 0. The van der Waals surface area contributed by atoms with Gasteiger partial charge in [0.15, 0.2) is 0 Å². The van der Waals surface area contributed by atoms with Crippen LogP contribution in [0.25, 0.3) is 5.78 Å². The van der Waals surface area contributed by atoms with Crippen LogP contribution in [0.1, 0.15) is 67.7 Å². The third kappa shape index (κ3) is 2.89. The van der Waals surface area contributed by atoms with Gasteiger partial charge in [-0.25, -0.2) is 9.50 Å². The molecular formula is C18H25N5O. The summed E-state index contributed by atoms with van der Waals surface area (Å²) >= 11 is 0. The van der Waals surface area contributed by atoms with Gasteiger partial charge in [0.25, 0.3) is 11.7 Å². The third-order valence-corrected chi connectivity index (χ3v) is 5.59. The Morgan fingerprint density at radius 3 is 2.83 bits per heavy atom. The van der Waals surface area contributed by atoms with E-state index < -0.39 is 0 Å². The Bertz CT molecular complexity index is 734. The molecule has 1 saturated carbocycles. The standard InChI is InChI=1S/C18H25N5O/c1-13-9-10-19-18-20-16(21-23(13)18)17(24)22-11-5-8-15(22)12-14-6-3-2-4-7-14/h9-10,14-15H,2-8,11-12H2,1H3/t15-/m1/s1. The zero-order valence-corrected chi connectivity index (χ0v) is 14.3. The largest absolute Gasteiger partial charge is 0.333 e. The van der Waals surface area contributed by atoms with Crippen LogP contribution in [0.15, 0.2) is 12.3 Å². The minimum atomic E-state index is -0.0294. The van der Waals surface area contributed by atoms with Gasteiger partial charge in [-0.3, -0.25) is 4.79 Å². The molecule has 0 spiro atoms. The van der Waals surface area contributed by atoms with Gasteiger partial charge in [-0.05, 0) is 38.2 Å². The average molecular weight is 327 g/mol. The van der Waals surface area contributed by atoms with E-state index in [1.165, 1.54) is 32.1 Å². The minimum Gasteiger partial charge on any atom is -0.333 e. The molecule has 6 heteroatoms. The van der Waals surface area contributed by atoms with Crippen molar-refractivity contribution in [1.82, 2.24) is 24.5 Å². The number of likely N-dealkylation sites (tertiary alicyclic amines) is 1. The second-order valence-corrected chi connectivity index (χ2v) is 7.27. The van der Waals surface area contributed by atoms with Gasteiger partial charge >= 0.3 is 0 Å². The van der Waals surface area contributed by atoms with E-state index in [0.717, 1.165) is 37.4 Å². The predicted molar refractivity (Wildman–Crippen MR) is 90.8 cm³/mol. The number of aromatic nitrogens is 4. The Hall–Kier alpha value is -1.98. The lowest BCUT2D eigenvalue weighted by atomic mass is 9.84. The summed E-state index contributed by atoms with van der Waals surface area (Å²) < 4.78 is 1.65. The van der Waals surface area contributed by atoms with E-state index in [9.17, 15) is 4.79 Å². The number of fused-ring (bicyclic) bond motifs is 1. The van der Waals surface area contributed by atoms with E-state index >= 15 is 0 Å². The van der Waals surface area contributed by atoms with E-state index in [2.05, 4.69) is 15.1 Å². The third-order valence-electron chi connectivity index (χ3n) is 5.59. The predicted octanol–water partition coefficient (Wildman–Crippen LogP) is 3.01. The Morgan fingerprint density at radius 1 is 1.21 bits per heavy atom. The molecule has 2 fully saturated rings. The number of amides is 1. The molecule has 0 N–H and O–H groups in total. The second-order valence-electron chi connectivity index (χ2n) is 7.27. The molecule has 2 aliphatic rings. The van der Waals surface area contributed by atoms with Gasteiger partial charge in [0, 0.05) is 24.5 Å². The fourth-order valence-electron chi connectivity index (χ4n) is 4.28. The van der Waals surface area contributed by atoms with E-state index in [4.69, 9.17) is 0 Å². The maximum atomic E-state index is 12.9. The highest BCUT2D eigenvalue weighted by Crippen LogP contribution is 2.32. The average Bonchev–Trinajstić information content (AvgIpc) is 3.23. The molecule has 1 amide bonds. The van der Waals surface area contributed by atoms with Crippen LogP contribution in [0.2, 0.25) is 0 Å². The molecule has 1 aliphatic heterocycles. The van der Waals surface area contributed by atoms with Crippen molar-refractivity contribution in [3.8, 4) is 0 Å². The molecule has 6 nitrogen and oxygen atoms in total. The summed E-state index contributed by atoms with van der Waals surface area (Å²) in [4.78, 5) is 23.5. The van der Waals surface area contributed by atoms with Crippen LogP contribution in [0.3, 0.4) is 0 Å². The zero-order chi connectivity index (χ0) is 16.5. The zero-order valence-electron chi connectivity index (χ0n) is 14.3. The van der Waals surface area contributed by atoms with E-state index in [0.29, 0.717) is 11.8 Å². The molecule has 0 bridgehead atoms. The SMILES string of the molecule is Cc1ccnc2nc(C(=O)N3CCC[C@@H]3CC3CCCCC3)nn12. The molecule has 1 aliphatic carbocycles. The van der Waals surface area contributed by atoms with Crippen molar-refractivity contribution in [2.75, 3.05) is 6.54 Å². The van der Waals surface area contributed by atoms with E-state index in [1.54, 1.807) is 10.7 Å². The molecule has 24 heavy (non-hydrogen) atoms. The molecule has 2 aromatic rings. The molecule has 128 valence electrons. The van der Waals surface area contributed by atoms with Crippen molar-refractivity contribution in [3.05, 3.63) is 23.8 Å². The number of rotatable bonds is 3. The first-order chi connectivity index (χ1) is 11.7. The van der Waals surface area contributed by atoms with Gasteiger partial charge in [-0.15, -0.1) is 5.10 Å². The van der Waals surface area contributed by atoms with Crippen molar-refractivity contribution in [2.24, 2.45) is 5.92 Å². The molecule has 1 saturated heterocycles. The lowest BCUT2D eigenvalue weighted by Crippen LogP contribution is -2.37. The first-order valence-electron chi connectivity index (χ1n) is 9.22. The van der Waals surface area contributed by atoms with Crippen LogP contribution in [0.4, 0.5) is 0 Å². The Kier molecular flexibility index (Phi) is 4.21. The van der Waals surface area contributed by atoms with Crippen LogP contribution in [-0.4, -0.2) is 43.0 Å². The highest BCUT2D eigenvalue weighted by Gasteiger charge is 2.33. The normalized spacial score (nSPS) is 22.4. The van der Waals surface area contributed by atoms with Crippen molar-refractivity contribution in [1.29, 1.82) is 0 Å². The van der Waals surface area contributed by atoms with Gasteiger partial charge in [-0.1, -0.05) is 32.1 Å². The summed E-state index contributed by atoms with van der Waals surface area (Å²) in [6.07, 6.45) is 11.8. The quantitative estimate of drug-likeness (QED) is 0.869. The van der Waals surface area contributed by atoms with E-state index in [-0.39, 0.29) is 11.7 Å². The molecule has 1 atom stereocenters. The lowest BCUT2D eigenvalue weighted by Gasteiger charge is -2.29. The van der Waals surface area contributed by atoms with Gasteiger partial charge < -0.3 is 4.90 Å². The summed E-state index contributed by atoms with van der Waals surface area (Å²) in [5.41, 5.74) is 0.937. The van der Waals surface area contributed by atoms with Gasteiger partial charge in [-0.2, -0.15) is 4.98 Å². The summed E-state index contributed by atoms with van der Waals surface area (Å²) in [6.45, 7) is 2.78. The molecular weight excluding hydrogens is 302 g/mol. The van der Waals surface area contributed by atoms with Crippen molar-refractivity contribution >= 4 is 11.7 Å². The monoisotopic (exact) mass is 327 g/mol. The van der Waals surface area contributed by atoms with Crippen LogP contribution >= 0.6 is 0 Å². The Morgan fingerprint density at radius 2 is 2.04 bits per heavy atom. The summed E-state index contributed by atoms with van der Waals surface area (Å²) in [6, 6.07) is 2.23. The second kappa shape index (κ2) is 6.49. The van der Waals surface area contributed by atoms with Crippen LogP contribution < -0.4 is 0 Å². The molecule has 2 aromatic heterocycles. The topological polar surface area (TPSA) is 63.4 Å². The summed E-state index contributed by atoms with van der Waals surface area (Å²) in [5.74, 6) is 1.54. The lowest BCUT2D eigenvalue weighted by molar-refractivity contribution is 0.0699. The Balaban J connectivity index is 1.52. The first-order valence-corrected chi connectivity index (χ1v) is 9.22. The number of carbonyl (C=O) groups is 1. The smallest absolute Gasteiger partial charge is 0.293 e. The molecule has 0 aromatic carbocycles. The molecule has 3 heterocycles. The van der Waals surface area contributed by atoms with Gasteiger partial charge in [0.05, 0.1) is 0 Å². The number of carbonyl (C=O) groups excluding carboxylic acids is 1. The molecule has 0 unspecified atom stereocenters. The molecule has 0 radical (unpaired) electrons. The van der Waals surface area contributed by atoms with Crippen LogP contribution in [-0.2, 0) is 0 Å². The maximum absolute atomic E-state index is 12.9. The Labute approximate surface area is 142 Å². The van der Waals surface area contributed by atoms with Gasteiger partial charge in [0.2, 0.25) is 5.82 Å². The first kappa shape index (κ1) is 15.5. The molecule has 4 rings (SSSR count). The number of nitrogens with zero attached hydrogens (tertiary/aromatic N) is 5. The van der Waals surface area contributed by atoms with Crippen molar-refractivity contribution in [2.45, 2.75) is 64.3 Å². The highest BCUT2D eigenvalue weighted by molar-refractivity contribution is 5.91. The summed E-state index contributed by atoms with van der Waals surface area (Å²) in [5, 5.41) is 4.39. The maximum Gasteiger partial charge on any atom is 0.293 e. The van der Waals surface area contributed by atoms with Crippen LogP contribution in [0.5, 0.6) is 0 Å². The van der Waals surface area contributed by atoms with Crippen molar-refractivity contribution in [3.63, 3.8) is 0 Å². The van der Waals surface area contributed by atoms with Crippen molar-refractivity contribution < 1.29 is 4.79 Å². The fraction of sp³-hybridized carbons (Fsp3) is 0.667. The number of aryl methyl sites for hydroxylation is 1. The fourth-order valence-corrected chi connectivity index (χ4v) is 4.28. The number of hydrogen-bond donors (Lipinski definition) is 0.